The van der Waals surface area contributed by atoms with Gasteiger partial charge in [-0.25, -0.2) is 0 Å². The molecule has 0 heterocycles. The fourth-order valence-electron chi connectivity index (χ4n) is 1.13. The van der Waals surface area contributed by atoms with E-state index in [9.17, 15) is 0 Å². The van der Waals surface area contributed by atoms with E-state index in [1.54, 1.807) is 0 Å². The second-order valence-electron chi connectivity index (χ2n) is 4.62. The molecule has 0 nitrogen and oxygen atoms in total. The van der Waals surface area contributed by atoms with Gasteiger partial charge in [-0.2, -0.15) is 0 Å². The van der Waals surface area contributed by atoms with Crippen LogP contribution >= 0.6 is 0 Å². The highest BCUT2D eigenvalue weighted by Gasteiger charge is 2.05. The Morgan fingerprint density at radius 1 is 1.00 bits per heavy atom. The van der Waals surface area contributed by atoms with Gasteiger partial charge in [-0.15, -0.1) is 0 Å². The zero-order chi connectivity index (χ0) is 9.45. The predicted octanol–water partition coefficient (Wildman–Crippen LogP) is 4.39. The van der Waals surface area contributed by atoms with Crippen LogP contribution in [0.3, 0.4) is 0 Å². The molecular weight excluding hydrogens is 160 g/mol. The smallest absolute Gasteiger partial charge is 0.0682 e. The van der Waals surface area contributed by atoms with Crippen LogP contribution in [-0.4, -0.2) is 8.07 Å². The van der Waals surface area contributed by atoms with Crippen molar-refractivity contribution < 1.29 is 0 Å². The highest BCUT2D eigenvalue weighted by Crippen LogP contribution is 2.06. The van der Waals surface area contributed by atoms with Gasteiger partial charge < -0.3 is 0 Å². The lowest BCUT2D eigenvalue weighted by atomic mass is 10.2. The van der Waals surface area contributed by atoms with E-state index in [1.807, 2.05) is 0 Å². The van der Waals surface area contributed by atoms with Crippen molar-refractivity contribution in [3.05, 3.63) is 11.8 Å². The molecule has 0 fully saturated rings. The molecule has 0 aliphatic rings. The van der Waals surface area contributed by atoms with E-state index in [2.05, 4.69) is 38.3 Å². The summed E-state index contributed by atoms with van der Waals surface area (Å²) in [6, 6.07) is 0. The van der Waals surface area contributed by atoms with Crippen LogP contribution in [0.1, 0.15) is 39.0 Å². The largest absolute Gasteiger partial charge is 0.0989 e. The summed E-state index contributed by atoms with van der Waals surface area (Å²) in [5, 5.41) is 0. The fourth-order valence-corrected chi connectivity index (χ4v) is 2.00. The summed E-state index contributed by atoms with van der Waals surface area (Å²) in [5.41, 5.74) is 2.46. The van der Waals surface area contributed by atoms with E-state index in [4.69, 9.17) is 0 Å². The maximum Gasteiger partial charge on any atom is 0.0682 e. The highest BCUT2D eigenvalue weighted by molar-refractivity contribution is 6.80. The molecule has 0 aliphatic carbocycles. The molecular formula is C11H24Si. The average Bonchev–Trinajstić information content (AvgIpc) is 1.94. The summed E-state index contributed by atoms with van der Waals surface area (Å²) in [7, 11) is -0.906. The average molecular weight is 184 g/mol. The maximum atomic E-state index is 2.46. The standard InChI is InChI=1S/C11H24Si/c1-5-6-7-8-9-10-11-12(2,3)4/h10-11H,5-9H2,1-4H3/b11-10-. The Kier molecular flexibility index (Phi) is 6.45. The van der Waals surface area contributed by atoms with Gasteiger partial charge in [0.05, 0.1) is 8.07 Å². The van der Waals surface area contributed by atoms with Crippen molar-refractivity contribution in [1.82, 2.24) is 0 Å². The zero-order valence-corrected chi connectivity index (χ0v) is 10.2. The Morgan fingerprint density at radius 2 is 1.67 bits per heavy atom. The van der Waals surface area contributed by atoms with E-state index in [0.717, 1.165) is 0 Å². The van der Waals surface area contributed by atoms with Crippen LogP contribution in [0, 0.1) is 0 Å². The molecule has 0 N–H and O–H groups in total. The fraction of sp³-hybridized carbons (Fsp3) is 0.818. The third-order valence-electron chi connectivity index (χ3n) is 1.84. The number of rotatable bonds is 6. The van der Waals surface area contributed by atoms with Crippen LogP contribution in [0.4, 0.5) is 0 Å². The normalized spacial score (nSPS) is 12.7. The molecule has 72 valence electrons. The maximum absolute atomic E-state index is 2.46. The third-order valence-corrected chi connectivity index (χ3v) is 3.08. The molecule has 0 amide bonds. The lowest BCUT2D eigenvalue weighted by Gasteiger charge is -2.07. The second kappa shape index (κ2) is 6.47. The zero-order valence-electron chi connectivity index (χ0n) is 9.19. The SMILES string of the molecule is CCCCCC/C=C\[Si](C)(C)C. The predicted molar refractivity (Wildman–Crippen MR) is 61.2 cm³/mol. The quantitative estimate of drug-likeness (QED) is 0.424. The second-order valence-corrected chi connectivity index (χ2v) is 9.68. The van der Waals surface area contributed by atoms with E-state index in [1.165, 1.54) is 32.1 Å². The lowest BCUT2D eigenvalue weighted by molar-refractivity contribution is 0.674. The van der Waals surface area contributed by atoms with Crippen LogP contribution < -0.4 is 0 Å². The first-order valence-electron chi connectivity index (χ1n) is 5.24. The summed E-state index contributed by atoms with van der Waals surface area (Å²) in [4.78, 5) is 0. The Bertz CT molecular complexity index is 119. The first-order chi connectivity index (χ1) is 5.56. The molecule has 0 aliphatic heterocycles. The molecule has 0 aromatic heterocycles. The van der Waals surface area contributed by atoms with Gasteiger partial charge in [0.1, 0.15) is 0 Å². The molecule has 0 aromatic carbocycles. The Morgan fingerprint density at radius 3 is 2.17 bits per heavy atom. The Labute approximate surface area is 79.1 Å². The van der Waals surface area contributed by atoms with Gasteiger partial charge in [0, 0.05) is 0 Å². The summed E-state index contributed by atoms with van der Waals surface area (Å²) in [6.45, 7) is 9.42. The van der Waals surface area contributed by atoms with Gasteiger partial charge in [0.15, 0.2) is 0 Å². The van der Waals surface area contributed by atoms with Crippen molar-refractivity contribution >= 4 is 8.07 Å². The molecule has 0 unspecified atom stereocenters. The monoisotopic (exact) mass is 184 g/mol. The molecule has 0 rings (SSSR count). The molecule has 0 saturated carbocycles. The van der Waals surface area contributed by atoms with Gasteiger partial charge in [0.25, 0.3) is 0 Å². The third kappa shape index (κ3) is 9.96. The summed E-state index contributed by atoms with van der Waals surface area (Å²) < 4.78 is 0. The molecule has 0 atom stereocenters. The van der Waals surface area contributed by atoms with Crippen molar-refractivity contribution in [1.29, 1.82) is 0 Å². The Balaban J connectivity index is 3.25. The van der Waals surface area contributed by atoms with Crippen LogP contribution in [0.5, 0.6) is 0 Å². The van der Waals surface area contributed by atoms with Gasteiger partial charge in [0.2, 0.25) is 0 Å². The van der Waals surface area contributed by atoms with E-state index in [0.29, 0.717) is 0 Å². The number of hydrogen-bond donors (Lipinski definition) is 0. The molecule has 0 aromatic rings. The van der Waals surface area contributed by atoms with E-state index < -0.39 is 8.07 Å². The molecule has 0 spiro atoms. The topological polar surface area (TPSA) is 0 Å². The van der Waals surface area contributed by atoms with Gasteiger partial charge in [-0.05, 0) is 12.8 Å². The summed E-state index contributed by atoms with van der Waals surface area (Å²) >= 11 is 0. The van der Waals surface area contributed by atoms with Crippen molar-refractivity contribution in [2.24, 2.45) is 0 Å². The molecule has 1 heteroatoms. The molecule has 0 bridgehead atoms. The minimum Gasteiger partial charge on any atom is -0.0989 e. The van der Waals surface area contributed by atoms with Crippen molar-refractivity contribution in [3.63, 3.8) is 0 Å². The van der Waals surface area contributed by atoms with Gasteiger partial charge >= 0.3 is 0 Å². The van der Waals surface area contributed by atoms with E-state index in [-0.39, 0.29) is 0 Å². The summed E-state index contributed by atoms with van der Waals surface area (Å²) in [5.74, 6) is 0. The van der Waals surface area contributed by atoms with Gasteiger partial charge in [-0.1, -0.05) is 57.6 Å². The molecule has 0 saturated heterocycles. The van der Waals surface area contributed by atoms with Crippen LogP contribution in [0.2, 0.25) is 19.6 Å². The van der Waals surface area contributed by atoms with Crippen molar-refractivity contribution in [2.45, 2.75) is 58.7 Å². The van der Waals surface area contributed by atoms with Crippen LogP contribution in [0.25, 0.3) is 0 Å². The number of allylic oxidation sites excluding steroid dienone is 1. The molecule has 12 heavy (non-hydrogen) atoms. The van der Waals surface area contributed by atoms with Crippen molar-refractivity contribution in [3.8, 4) is 0 Å². The first kappa shape index (κ1) is 12.0. The number of unbranched alkanes of at least 4 members (excludes halogenated alkanes) is 4. The summed E-state index contributed by atoms with van der Waals surface area (Å²) in [6.07, 6.45) is 9.23. The lowest BCUT2D eigenvalue weighted by Crippen LogP contribution is -2.15. The van der Waals surface area contributed by atoms with Crippen molar-refractivity contribution in [2.75, 3.05) is 0 Å². The minimum absolute atomic E-state index is 0.906. The van der Waals surface area contributed by atoms with Gasteiger partial charge in [-0.3, -0.25) is 0 Å². The highest BCUT2D eigenvalue weighted by atomic mass is 28.3. The minimum atomic E-state index is -0.906. The molecule has 0 radical (unpaired) electrons. The van der Waals surface area contributed by atoms with E-state index >= 15 is 0 Å². The van der Waals surface area contributed by atoms with Crippen LogP contribution in [-0.2, 0) is 0 Å². The Hall–Kier alpha value is -0.0431. The number of hydrogen-bond acceptors (Lipinski definition) is 0. The first-order valence-corrected chi connectivity index (χ1v) is 8.81. The van der Waals surface area contributed by atoms with Crippen LogP contribution in [0.15, 0.2) is 11.8 Å².